The van der Waals surface area contributed by atoms with Gasteiger partial charge in [-0.1, -0.05) is 32.9 Å². The highest BCUT2D eigenvalue weighted by molar-refractivity contribution is 5.95. The van der Waals surface area contributed by atoms with E-state index in [9.17, 15) is 4.79 Å². The molecule has 0 unspecified atom stereocenters. The lowest BCUT2D eigenvalue weighted by Gasteiger charge is -2.26. The molecule has 0 saturated carbocycles. The third-order valence-corrected chi connectivity index (χ3v) is 3.30. The lowest BCUT2D eigenvalue weighted by molar-refractivity contribution is -0.117. The van der Waals surface area contributed by atoms with E-state index in [0.717, 1.165) is 16.8 Å². The molecule has 0 heterocycles. The van der Waals surface area contributed by atoms with Gasteiger partial charge in [-0.2, -0.15) is 5.26 Å². The van der Waals surface area contributed by atoms with Crippen LogP contribution in [0.15, 0.2) is 12.1 Å². The molecule has 0 bridgehead atoms. The van der Waals surface area contributed by atoms with Crippen molar-refractivity contribution in [3.05, 3.63) is 28.8 Å². The highest BCUT2D eigenvalue weighted by Crippen LogP contribution is 2.31. The number of carbonyl (C=O) groups excluding carboxylic acids is 1. The minimum absolute atomic E-state index is 0.0866. The van der Waals surface area contributed by atoms with Crippen LogP contribution in [0.1, 0.15) is 43.9 Å². The number of nitriles is 1. The average molecular weight is 258 g/mol. The monoisotopic (exact) mass is 258 g/mol. The topological polar surface area (TPSA) is 44.1 Å². The van der Waals surface area contributed by atoms with Gasteiger partial charge >= 0.3 is 0 Å². The van der Waals surface area contributed by atoms with E-state index < -0.39 is 0 Å². The number of hydrogen-bond donors (Lipinski definition) is 0. The standard InChI is InChI=1S/C16H22N2O/c1-11-9-13(16(3,4)5)10-12(2)15(11)18(6)14(19)7-8-17/h9-10H,7H2,1-6H3. The van der Waals surface area contributed by atoms with Gasteiger partial charge in [0.15, 0.2) is 0 Å². The number of amides is 1. The van der Waals surface area contributed by atoms with Crippen molar-refractivity contribution in [2.75, 3.05) is 11.9 Å². The maximum Gasteiger partial charge on any atom is 0.240 e. The first-order valence-electron chi connectivity index (χ1n) is 6.43. The number of hydrogen-bond acceptors (Lipinski definition) is 2. The molecule has 0 aliphatic carbocycles. The molecule has 0 N–H and O–H groups in total. The lowest BCUT2D eigenvalue weighted by atomic mass is 9.84. The number of anilines is 1. The van der Waals surface area contributed by atoms with Gasteiger partial charge in [-0.15, -0.1) is 0 Å². The Morgan fingerprint density at radius 2 is 1.74 bits per heavy atom. The van der Waals surface area contributed by atoms with Gasteiger partial charge in [0.1, 0.15) is 6.42 Å². The molecule has 1 amide bonds. The molecule has 0 aliphatic rings. The van der Waals surface area contributed by atoms with Crippen LogP contribution < -0.4 is 4.90 Å². The van der Waals surface area contributed by atoms with Crippen LogP contribution in [0.2, 0.25) is 0 Å². The maximum atomic E-state index is 11.8. The molecule has 0 aromatic heterocycles. The summed E-state index contributed by atoms with van der Waals surface area (Å²) in [5.74, 6) is -0.169. The van der Waals surface area contributed by atoms with Crippen molar-refractivity contribution in [1.82, 2.24) is 0 Å². The summed E-state index contributed by atoms with van der Waals surface area (Å²) in [6, 6.07) is 6.15. The minimum atomic E-state index is -0.169. The molecule has 19 heavy (non-hydrogen) atoms. The fourth-order valence-electron chi connectivity index (χ4n) is 2.23. The number of aryl methyl sites for hydroxylation is 2. The van der Waals surface area contributed by atoms with Crippen molar-refractivity contribution in [3.8, 4) is 6.07 Å². The van der Waals surface area contributed by atoms with Crippen molar-refractivity contribution in [1.29, 1.82) is 5.26 Å². The van der Waals surface area contributed by atoms with Gasteiger partial charge in [0.2, 0.25) is 5.91 Å². The van der Waals surface area contributed by atoms with Crippen LogP contribution in [-0.4, -0.2) is 13.0 Å². The molecule has 3 heteroatoms. The molecule has 0 atom stereocenters. The molecule has 1 aromatic carbocycles. The average Bonchev–Trinajstić information content (AvgIpc) is 2.26. The van der Waals surface area contributed by atoms with Crippen molar-refractivity contribution in [2.45, 2.75) is 46.5 Å². The summed E-state index contributed by atoms with van der Waals surface area (Å²) in [7, 11) is 1.73. The predicted molar refractivity (Wildman–Crippen MR) is 78.3 cm³/mol. The summed E-state index contributed by atoms with van der Waals surface area (Å²) in [6.45, 7) is 10.5. The van der Waals surface area contributed by atoms with Crippen molar-refractivity contribution >= 4 is 11.6 Å². The Morgan fingerprint density at radius 3 is 2.11 bits per heavy atom. The SMILES string of the molecule is Cc1cc(C(C)(C)C)cc(C)c1N(C)C(=O)CC#N. The van der Waals surface area contributed by atoms with Crippen LogP contribution in [0.5, 0.6) is 0 Å². The summed E-state index contributed by atoms with van der Waals surface area (Å²) in [4.78, 5) is 13.4. The molecule has 0 spiro atoms. The molecule has 102 valence electrons. The van der Waals surface area contributed by atoms with E-state index in [1.165, 1.54) is 5.56 Å². The van der Waals surface area contributed by atoms with Gasteiger partial charge in [-0.25, -0.2) is 0 Å². The lowest BCUT2D eigenvalue weighted by Crippen LogP contribution is -2.27. The number of benzene rings is 1. The van der Waals surface area contributed by atoms with E-state index in [0.29, 0.717) is 0 Å². The smallest absolute Gasteiger partial charge is 0.240 e. The second kappa shape index (κ2) is 5.44. The number of carbonyl (C=O) groups is 1. The molecule has 1 aromatic rings. The predicted octanol–water partition coefficient (Wildman–Crippen LogP) is 3.48. The van der Waals surface area contributed by atoms with Crippen LogP contribution in [0.25, 0.3) is 0 Å². The number of nitrogens with zero attached hydrogens (tertiary/aromatic N) is 2. The van der Waals surface area contributed by atoms with E-state index in [1.54, 1.807) is 11.9 Å². The first kappa shape index (κ1) is 15.2. The van der Waals surface area contributed by atoms with Crippen molar-refractivity contribution in [3.63, 3.8) is 0 Å². The highest BCUT2D eigenvalue weighted by atomic mass is 16.2. The molecular formula is C16H22N2O. The van der Waals surface area contributed by atoms with E-state index in [2.05, 4.69) is 32.9 Å². The van der Waals surface area contributed by atoms with Gasteiger partial charge in [0.25, 0.3) is 0 Å². The fraction of sp³-hybridized carbons (Fsp3) is 0.500. The quantitative estimate of drug-likeness (QED) is 0.815. The van der Waals surface area contributed by atoms with E-state index in [1.807, 2.05) is 19.9 Å². The largest absolute Gasteiger partial charge is 0.314 e. The highest BCUT2D eigenvalue weighted by Gasteiger charge is 2.19. The Bertz CT molecular complexity index is 510. The molecule has 0 aliphatic heterocycles. The zero-order chi connectivity index (χ0) is 14.8. The first-order chi connectivity index (χ1) is 8.68. The van der Waals surface area contributed by atoms with Crippen LogP contribution in [-0.2, 0) is 10.2 Å². The van der Waals surface area contributed by atoms with Gasteiger partial charge in [0, 0.05) is 12.7 Å². The summed E-state index contributed by atoms with van der Waals surface area (Å²) >= 11 is 0. The fourth-order valence-corrected chi connectivity index (χ4v) is 2.23. The Morgan fingerprint density at radius 1 is 1.26 bits per heavy atom. The van der Waals surface area contributed by atoms with Gasteiger partial charge in [-0.3, -0.25) is 4.79 Å². The van der Waals surface area contributed by atoms with Crippen LogP contribution >= 0.6 is 0 Å². The summed E-state index contributed by atoms with van der Waals surface area (Å²) < 4.78 is 0. The second-order valence-electron chi connectivity index (χ2n) is 6.00. The maximum absolute atomic E-state index is 11.8. The van der Waals surface area contributed by atoms with E-state index >= 15 is 0 Å². The molecule has 0 fully saturated rings. The van der Waals surface area contributed by atoms with E-state index in [-0.39, 0.29) is 17.7 Å². The summed E-state index contributed by atoms with van der Waals surface area (Å²) in [5.41, 5.74) is 4.39. The molecule has 3 nitrogen and oxygen atoms in total. The Labute approximate surface area is 115 Å². The van der Waals surface area contributed by atoms with Crippen molar-refractivity contribution in [2.24, 2.45) is 0 Å². The Hall–Kier alpha value is -1.82. The minimum Gasteiger partial charge on any atom is -0.314 e. The van der Waals surface area contributed by atoms with Crippen LogP contribution in [0.3, 0.4) is 0 Å². The molecule has 0 saturated heterocycles. The second-order valence-corrected chi connectivity index (χ2v) is 6.00. The van der Waals surface area contributed by atoms with Crippen LogP contribution in [0, 0.1) is 25.2 Å². The summed E-state index contributed by atoms with van der Waals surface area (Å²) in [6.07, 6.45) is -0.0869. The zero-order valence-electron chi connectivity index (χ0n) is 12.7. The van der Waals surface area contributed by atoms with Crippen molar-refractivity contribution < 1.29 is 4.79 Å². The summed E-state index contributed by atoms with van der Waals surface area (Å²) in [5, 5.41) is 8.62. The molecular weight excluding hydrogens is 236 g/mol. The van der Waals surface area contributed by atoms with Crippen LogP contribution in [0.4, 0.5) is 5.69 Å². The van der Waals surface area contributed by atoms with Gasteiger partial charge < -0.3 is 4.90 Å². The van der Waals surface area contributed by atoms with Gasteiger partial charge in [-0.05, 0) is 36.0 Å². The third-order valence-electron chi connectivity index (χ3n) is 3.30. The van der Waals surface area contributed by atoms with E-state index in [4.69, 9.17) is 5.26 Å². The normalized spacial score (nSPS) is 11.0. The molecule has 0 radical (unpaired) electrons. The zero-order valence-corrected chi connectivity index (χ0v) is 12.7. The Kier molecular flexibility index (Phi) is 4.36. The first-order valence-corrected chi connectivity index (χ1v) is 6.43. The third kappa shape index (κ3) is 3.35. The molecule has 1 rings (SSSR count). The van der Waals surface area contributed by atoms with Gasteiger partial charge in [0.05, 0.1) is 6.07 Å². The Balaban J connectivity index is 3.25. The number of rotatable bonds is 2.